The minimum atomic E-state index is -0.0163. The SMILES string of the molecule is Cc1cc(C)c(N2CCCC2)c(C)c1NC(=O)c1cccs1. The van der Waals surface area contributed by atoms with E-state index in [1.165, 1.54) is 41.0 Å². The molecule has 0 unspecified atom stereocenters. The van der Waals surface area contributed by atoms with Crippen molar-refractivity contribution in [2.45, 2.75) is 33.6 Å². The Bertz CT molecular complexity index is 686. The van der Waals surface area contributed by atoms with E-state index < -0.39 is 0 Å². The third-order valence-corrected chi connectivity index (χ3v) is 5.21. The summed E-state index contributed by atoms with van der Waals surface area (Å²) in [4.78, 5) is 15.6. The maximum atomic E-state index is 12.4. The van der Waals surface area contributed by atoms with Crippen LogP contribution in [0.25, 0.3) is 0 Å². The zero-order valence-electron chi connectivity index (χ0n) is 13.4. The first-order valence-corrected chi connectivity index (χ1v) is 8.66. The average molecular weight is 314 g/mol. The van der Waals surface area contributed by atoms with Crippen LogP contribution in [-0.2, 0) is 0 Å². The number of thiophene rings is 1. The molecule has 1 aliphatic heterocycles. The summed E-state index contributed by atoms with van der Waals surface area (Å²) >= 11 is 1.47. The Kier molecular flexibility index (Phi) is 4.21. The van der Waals surface area contributed by atoms with Crippen LogP contribution in [0.4, 0.5) is 11.4 Å². The van der Waals surface area contributed by atoms with E-state index in [1.54, 1.807) is 0 Å². The first-order valence-electron chi connectivity index (χ1n) is 7.78. The molecule has 2 aromatic rings. The maximum absolute atomic E-state index is 12.4. The van der Waals surface area contributed by atoms with Crippen LogP contribution in [0.1, 0.15) is 39.2 Å². The number of carbonyl (C=O) groups excluding carboxylic acids is 1. The molecule has 3 nitrogen and oxygen atoms in total. The normalized spacial score (nSPS) is 14.4. The van der Waals surface area contributed by atoms with Crippen molar-refractivity contribution in [1.82, 2.24) is 0 Å². The molecule has 2 heterocycles. The number of nitrogens with one attached hydrogen (secondary N) is 1. The van der Waals surface area contributed by atoms with E-state index >= 15 is 0 Å². The summed E-state index contributed by atoms with van der Waals surface area (Å²) in [5, 5.41) is 5.05. The molecule has 1 N–H and O–H groups in total. The summed E-state index contributed by atoms with van der Waals surface area (Å²) in [7, 11) is 0. The van der Waals surface area contributed by atoms with Crippen molar-refractivity contribution in [2.75, 3.05) is 23.3 Å². The van der Waals surface area contributed by atoms with Crippen LogP contribution in [-0.4, -0.2) is 19.0 Å². The Labute approximate surface area is 136 Å². The van der Waals surface area contributed by atoms with Gasteiger partial charge in [0.1, 0.15) is 0 Å². The standard InChI is InChI=1S/C18H22N2OS/c1-12-11-13(2)17(20-8-4-5-9-20)14(3)16(12)19-18(21)15-7-6-10-22-15/h6-7,10-11H,4-5,8-9H2,1-3H3,(H,19,21). The molecule has 0 bridgehead atoms. The predicted molar refractivity (Wildman–Crippen MR) is 94.4 cm³/mol. The number of carbonyl (C=O) groups is 1. The third-order valence-electron chi connectivity index (χ3n) is 4.34. The summed E-state index contributed by atoms with van der Waals surface area (Å²) in [6, 6.07) is 5.95. The molecule has 0 spiro atoms. The van der Waals surface area contributed by atoms with Gasteiger partial charge in [0.2, 0.25) is 0 Å². The van der Waals surface area contributed by atoms with Crippen molar-refractivity contribution in [3.63, 3.8) is 0 Å². The van der Waals surface area contributed by atoms with Crippen molar-refractivity contribution < 1.29 is 4.79 Å². The fourth-order valence-corrected chi connectivity index (χ4v) is 4.00. The topological polar surface area (TPSA) is 32.3 Å². The molecule has 1 aromatic heterocycles. The molecule has 3 rings (SSSR count). The van der Waals surface area contributed by atoms with Gasteiger partial charge >= 0.3 is 0 Å². The lowest BCUT2D eigenvalue weighted by Crippen LogP contribution is -2.21. The lowest BCUT2D eigenvalue weighted by molar-refractivity contribution is 0.103. The number of hydrogen-bond acceptors (Lipinski definition) is 3. The molecule has 0 radical (unpaired) electrons. The van der Waals surface area contributed by atoms with Gasteiger partial charge in [0.05, 0.1) is 4.88 Å². The number of hydrogen-bond donors (Lipinski definition) is 1. The Morgan fingerprint density at radius 2 is 1.91 bits per heavy atom. The number of amides is 1. The van der Waals surface area contributed by atoms with Crippen LogP contribution in [0.15, 0.2) is 23.6 Å². The van der Waals surface area contributed by atoms with E-state index in [4.69, 9.17) is 0 Å². The van der Waals surface area contributed by atoms with E-state index in [0.717, 1.165) is 29.2 Å². The van der Waals surface area contributed by atoms with E-state index in [1.807, 2.05) is 17.5 Å². The molecule has 1 fully saturated rings. The van der Waals surface area contributed by atoms with Gasteiger partial charge in [-0.1, -0.05) is 12.1 Å². The van der Waals surface area contributed by atoms with Crippen molar-refractivity contribution in [3.05, 3.63) is 45.1 Å². The van der Waals surface area contributed by atoms with E-state index in [9.17, 15) is 4.79 Å². The number of nitrogens with zero attached hydrogens (tertiary/aromatic N) is 1. The highest BCUT2D eigenvalue weighted by molar-refractivity contribution is 7.12. The summed E-state index contributed by atoms with van der Waals surface area (Å²) in [6.45, 7) is 8.58. The second-order valence-corrected chi connectivity index (χ2v) is 6.93. The Morgan fingerprint density at radius 1 is 1.18 bits per heavy atom. The number of benzene rings is 1. The Morgan fingerprint density at radius 3 is 2.55 bits per heavy atom. The van der Waals surface area contributed by atoms with Gasteiger partial charge in [-0.2, -0.15) is 0 Å². The van der Waals surface area contributed by atoms with Gasteiger partial charge in [-0.05, 0) is 61.7 Å². The van der Waals surface area contributed by atoms with Gasteiger partial charge in [-0.3, -0.25) is 4.79 Å². The monoisotopic (exact) mass is 314 g/mol. The van der Waals surface area contributed by atoms with Crippen LogP contribution >= 0.6 is 11.3 Å². The summed E-state index contributed by atoms with van der Waals surface area (Å²) < 4.78 is 0. The van der Waals surface area contributed by atoms with Crippen LogP contribution in [0.5, 0.6) is 0 Å². The lowest BCUT2D eigenvalue weighted by atomic mass is 10.0. The quantitative estimate of drug-likeness (QED) is 0.903. The largest absolute Gasteiger partial charge is 0.371 e. The fourth-order valence-electron chi connectivity index (χ4n) is 3.38. The van der Waals surface area contributed by atoms with Crippen LogP contribution in [0.2, 0.25) is 0 Å². The van der Waals surface area contributed by atoms with Crippen LogP contribution < -0.4 is 10.2 Å². The molecular weight excluding hydrogens is 292 g/mol. The van der Waals surface area contributed by atoms with Gasteiger partial charge in [0.15, 0.2) is 0 Å². The molecule has 116 valence electrons. The maximum Gasteiger partial charge on any atom is 0.265 e. The molecule has 0 aliphatic carbocycles. The first kappa shape index (κ1) is 15.1. The number of anilines is 2. The van der Waals surface area contributed by atoms with Gasteiger partial charge in [-0.25, -0.2) is 0 Å². The zero-order valence-corrected chi connectivity index (χ0v) is 14.2. The van der Waals surface area contributed by atoms with Crippen molar-refractivity contribution in [3.8, 4) is 0 Å². The average Bonchev–Trinajstić information content (AvgIpc) is 3.15. The predicted octanol–water partition coefficient (Wildman–Crippen LogP) is 4.53. The smallest absolute Gasteiger partial charge is 0.265 e. The second-order valence-electron chi connectivity index (χ2n) is 5.98. The summed E-state index contributed by atoms with van der Waals surface area (Å²) in [6.07, 6.45) is 2.51. The fraction of sp³-hybridized carbons (Fsp3) is 0.389. The minimum absolute atomic E-state index is 0.0163. The van der Waals surface area contributed by atoms with Crippen molar-refractivity contribution in [1.29, 1.82) is 0 Å². The minimum Gasteiger partial charge on any atom is -0.371 e. The molecule has 0 atom stereocenters. The van der Waals surface area contributed by atoms with Crippen molar-refractivity contribution in [2.24, 2.45) is 0 Å². The lowest BCUT2D eigenvalue weighted by Gasteiger charge is -2.25. The highest BCUT2D eigenvalue weighted by atomic mass is 32.1. The number of aryl methyl sites for hydroxylation is 2. The van der Waals surface area contributed by atoms with Gasteiger partial charge in [0, 0.05) is 24.5 Å². The molecule has 1 amide bonds. The van der Waals surface area contributed by atoms with E-state index in [2.05, 4.69) is 37.1 Å². The summed E-state index contributed by atoms with van der Waals surface area (Å²) in [5.74, 6) is -0.0163. The first-order chi connectivity index (χ1) is 10.6. The molecule has 1 saturated heterocycles. The van der Waals surface area contributed by atoms with Gasteiger partial charge in [0.25, 0.3) is 5.91 Å². The highest BCUT2D eigenvalue weighted by Crippen LogP contribution is 2.35. The van der Waals surface area contributed by atoms with Gasteiger partial charge in [-0.15, -0.1) is 11.3 Å². The molecule has 1 aromatic carbocycles. The third kappa shape index (κ3) is 2.75. The van der Waals surface area contributed by atoms with Gasteiger partial charge < -0.3 is 10.2 Å². The molecule has 0 saturated carbocycles. The second kappa shape index (κ2) is 6.13. The van der Waals surface area contributed by atoms with E-state index in [0.29, 0.717) is 0 Å². The Balaban J connectivity index is 1.96. The molecule has 22 heavy (non-hydrogen) atoms. The molecule has 4 heteroatoms. The van der Waals surface area contributed by atoms with E-state index in [-0.39, 0.29) is 5.91 Å². The highest BCUT2D eigenvalue weighted by Gasteiger charge is 2.20. The van der Waals surface area contributed by atoms with Crippen molar-refractivity contribution >= 4 is 28.6 Å². The summed E-state index contributed by atoms with van der Waals surface area (Å²) in [5.41, 5.74) is 5.87. The zero-order chi connectivity index (χ0) is 15.7. The van der Waals surface area contributed by atoms with Crippen LogP contribution in [0.3, 0.4) is 0 Å². The number of rotatable bonds is 3. The molecular formula is C18H22N2OS. The Hall–Kier alpha value is -1.81. The molecule has 1 aliphatic rings. The van der Waals surface area contributed by atoms with Crippen LogP contribution in [0, 0.1) is 20.8 Å².